The predicted octanol–water partition coefficient (Wildman–Crippen LogP) is 4.17. The molecule has 12 heteroatoms. The van der Waals surface area contributed by atoms with Gasteiger partial charge >= 0.3 is 0 Å². The summed E-state index contributed by atoms with van der Waals surface area (Å²) in [6, 6.07) is 20.9. The van der Waals surface area contributed by atoms with Crippen LogP contribution < -0.4 is 21.1 Å². The first-order valence-corrected chi connectivity index (χ1v) is 15.9. The Morgan fingerprint density at radius 3 is 2.42 bits per heavy atom. The topological polar surface area (TPSA) is 155 Å². The summed E-state index contributed by atoms with van der Waals surface area (Å²) in [4.78, 5) is 43.7. The van der Waals surface area contributed by atoms with E-state index in [9.17, 15) is 19.5 Å². The van der Waals surface area contributed by atoms with Crippen LogP contribution in [0.15, 0.2) is 72.8 Å². The molecule has 0 radical (unpaired) electrons. The number of ether oxygens (including phenoxy) is 1. The second-order valence-corrected chi connectivity index (χ2v) is 12.5. The summed E-state index contributed by atoms with van der Waals surface area (Å²) in [7, 11) is 3.68. The van der Waals surface area contributed by atoms with E-state index in [-0.39, 0.29) is 42.1 Å². The average Bonchev–Trinajstić information content (AvgIpc) is 3.41. The number of aryl methyl sites for hydroxylation is 2. The molecule has 4 aromatic rings. The van der Waals surface area contributed by atoms with Crippen LogP contribution in [0.25, 0.3) is 0 Å². The van der Waals surface area contributed by atoms with Gasteiger partial charge < -0.3 is 31.1 Å². The molecule has 1 aliphatic rings. The number of rotatable bonds is 10. The smallest absolute Gasteiger partial charge is 0.274 e. The Morgan fingerprint density at radius 2 is 1.75 bits per heavy atom. The molecule has 3 aromatic carbocycles. The number of carbonyl (C=O) groups is 3. The number of hydrogen-bond donors (Lipinski definition) is 4. The average molecular weight is 654 g/mol. The number of benzene rings is 3. The van der Waals surface area contributed by atoms with Crippen LogP contribution in [0, 0.1) is 12.8 Å². The Hall–Kier alpha value is -5.20. The third kappa shape index (κ3) is 7.67. The molecule has 5 rings (SSSR count). The van der Waals surface area contributed by atoms with Gasteiger partial charge in [-0.15, -0.1) is 0 Å². The van der Waals surface area contributed by atoms with Crippen LogP contribution in [-0.2, 0) is 13.6 Å². The second-order valence-electron chi connectivity index (χ2n) is 12.5. The molecule has 3 atom stereocenters. The Bertz CT molecular complexity index is 1790. The number of aliphatic hydroxyl groups is 1. The Labute approximate surface area is 280 Å². The zero-order chi connectivity index (χ0) is 34.5. The number of amides is 3. The summed E-state index contributed by atoms with van der Waals surface area (Å²) in [5, 5.41) is 20.1. The third-order valence-corrected chi connectivity index (χ3v) is 8.54. The normalized spacial score (nSPS) is 16.8. The number of anilines is 3. The zero-order valence-corrected chi connectivity index (χ0v) is 27.9. The number of aromatic nitrogens is 2. The van der Waals surface area contributed by atoms with E-state index in [1.165, 1.54) is 4.68 Å². The lowest BCUT2D eigenvalue weighted by molar-refractivity contribution is 0.0343. The van der Waals surface area contributed by atoms with Crippen molar-refractivity contribution in [3.8, 4) is 5.75 Å². The number of aliphatic hydroxyl groups excluding tert-OH is 1. The molecule has 1 aliphatic heterocycles. The minimum atomic E-state index is -0.422. The van der Waals surface area contributed by atoms with Crippen LogP contribution in [0.3, 0.4) is 0 Å². The minimum absolute atomic E-state index is 0.126. The molecule has 0 saturated heterocycles. The second kappa shape index (κ2) is 14.7. The van der Waals surface area contributed by atoms with Crippen LogP contribution in [0.2, 0.25) is 0 Å². The van der Waals surface area contributed by atoms with Crippen LogP contribution in [0.1, 0.15) is 56.3 Å². The number of nitrogens with one attached hydrogen (secondary N) is 2. The highest BCUT2D eigenvalue weighted by molar-refractivity contribution is 6.07. The lowest BCUT2D eigenvalue weighted by atomic mass is 9.98. The van der Waals surface area contributed by atoms with Gasteiger partial charge in [-0.1, -0.05) is 37.3 Å². The molecule has 5 N–H and O–H groups in total. The maximum atomic E-state index is 13.8. The van der Waals surface area contributed by atoms with Crippen molar-refractivity contribution in [2.45, 2.75) is 39.5 Å². The summed E-state index contributed by atoms with van der Waals surface area (Å²) in [5.41, 5.74) is 10.3. The molecule has 48 heavy (non-hydrogen) atoms. The van der Waals surface area contributed by atoms with E-state index < -0.39 is 6.04 Å². The largest absolute Gasteiger partial charge is 0.486 e. The van der Waals surface area contributed by atoms with Crippen molar-refractivity contribution in [1.29, 1.82) is 0 Å². The van der Waals surface area contributed by atoms with Gasteiger partial charge in [0.25, 0.3) is 17.7 Å². The zero-order valence-electron chi connectivity index (χ0n) is 27.9. The molecule has 0 fully saturated rings. The van der Waals surface area contributed by atoms with E-state index in [1.807, 2.05) is 52.1 Å². The Balaban J connectivity index is 1.35. The van der Waals surface area contributed by atoms with Gasteiger partial charge in [-0.25, -0.2) is 0 Å². The van der Waals surface area contributed by atoms with Gasteiger partial charge in [0.15, 0.2) is 5.75 Å². The highest BCUT2D eigenvalue weighted by atomic mass is 16.5. The van der Waals surface area contributed by atoms with E-state index >= 15 is 0 Å². The number of nitrogen functional groups attached to an aromatic ring is 1. The standard InChI is InChI=1S/C36H43N7O5/c1-22-18-43(24(3)21-44)36(47)27-9-8-12-30(39-35(46)31-17-23(2)40-42(31)5)33(27)48-32(22)20-41(4)19-25-13-15-26(16-14-25)34(45)38-29-11-7-6-10-28(29)37/h6-17,22,24,32,44H,18-21,37H2,1-5H3,(H,38,45)(H,39,46)/t22-,24+,32-/m0/s1. The maximum Gasteiger partial charge on any atom is 0.274 e. The molecule has 2 heterocycles. The number of para-hydroxylation sites is 3. The van der Waals surface area contributed by atoms with Crippen molar-refractivity contribution in [3.63, 3.8) is 0 Å². The molecule has 1 aromatic heterocycles. The molecule has 0 bridgehead atoms. The van der Waals surface area contributed by atoms with E-state index in [0.29, 0.717) is 59.2 Å². The van der Waals surface area contributed by atoms with E-state index in [1.54, 1.807) is 60.5 Å². The summed E-state index contributed by atoms with van der Waals surface area (Å²) < 4.78 is 8.16. The van der Waals surface area contributed by atoms with Crippen LogP contribution in [-0.4, -0.2) is 81.3 Å². The minimum Gasteiger partial charge on any atom is -0.486 e. The maximum absolute atomic E-state index is 13.8. The molecule has 12 nitrogen and oxygen atoms in total. The molecule has 0 aliphatic carbocycles. The monoisotopic (exact) mass is 653 g/mol. The molecule has 3 amide bonds. The fourth-order valence-corrected chi connectivity index (χ4v) is 5.82. The number of carbonyl (C=O) groups excluding carboxylic acids is 3. The molecule has 252 valence electrons. The number of nitrogens with zero attached hydrogens (tertiary/aromatic N) is 4. The number of likely N-dealkylation sites (N-methyl/N-ethyl adjacent to an activating group) is 1. The first-order valence-electron chi connectivity index (χ1n) is 15.9. The summed E-state index contributed by atoms with van der Waals surface area (Å²) in [6.45, 7) is 6.88. The number of nitrogens with two attached hydrogens (primary N) is 1. The van der Waals surface area contributed by atoms with Crippen molar-refractivity contribution < 1.29 is 24.2 Å². The van der Waals surface area contributed by atoms with Gasteiger partial charge in [0.05, 0.1) is 41.0 Å². The van der Waals surface area contributed by atoms with Crippen molar-refractivity contribution in [3.05, 3.63) is 101 Å². The van der Waals surface area contributed by atoms with Crippen molar-refractivity contribution in [1.82, 2.24) is 19.6 Å². The summed E-state index contributed by atoms with van der Waals surface area (Å²) in [6.07, 6.45) is -0.381. The lowest BCUT2D eigenvalue weighted by Gasteiger charge is -2.38. The van der Waals surface area contributed by atoms with Gasteiger partial charge in [-0.3, -0.25) is 24.0 Å². The summed E-state index contributed by atoms with van der Waals surface area (Å²) in [5.74, 6) is -0.753. The van der Waals surface area contributed by atoms with Crippen molar-refractivity contribution >= 4 is 34.8 Å². The Kier molecular flexibility index (Phi) is 10.5. The fraction of sp³-hybridized carbons (Fsp3) is 0.333. The van der Waals surface area contributed by atoms with Crippen LogP contribution in [0.4, 0.5) is 17.1 Å². The van der Waals surface area contributed by atoms with Gasteiger partial charge in [0, 0.05) is 38.2 Å². The first kappa shape index (κ1) is 34.1. The predicted molar refractivity (Wildman–Crippen MR) is 185 cm³/mol. The van der Waals surface area contributed by atoms with Crippen molar-refractivity contribution in [2.75, 3.05) is 43.1 Å². The van der Waals surface area contributed by atoms with Crippen molar-refractivity contribution in [2.24, 2.45) is 13.0 Å². The quantitative estimate of drug-likeness (QED) is 0.186. The Morgan fingerprint density at radius 1 is 1.06 bits per heavy atom. The highest BCUT2D eigenvalue weighted by Gasteiger charge is 2.35. The molecular weight excluding hydrogens is 610 g/mol. The van der Waals surface area contributed by atoms with E-state index in [2.05, 4.69) is 20.6 Å². The SMILES string of the molecule is Cc1cc(C(=O)Nc2cccc3c2O[C@@H](CN(C)Cc2ccc(C(=O)Nc4ccccc4N)cc2)[C@@H](C)CN([C@H](C)CO)C3=O)n(C)n1. The van der Waals surface area contributed by atoms with Gasteiger partial charge in [-0.05, 0) is 68.9 Å². The first-order chi connectivity index (χ1) is 22.9. The highest BCUT2D eigenvalue weighted by Crippen LogP contribution is 2.35. The molecule has 0 unspecified atom stereocenters. The third-order valence-electron chi connectivity index (χ3n) is 8.54. The molecular formula is C36H43N7O5. The molecule has 0 saturated carbocycles. The number of hydrogen-bond acceptors (Lipinski definition) is 8. The van der Waals surface area contributed by atoms with Crippen LogP contribution >= 0.6 is 0 Å². The molecule has 0 spiro atoms. The van der Waals surface area contributed by atoms with E-state index in [4.69, 9.17) is 10.5 Å². The van der Waals surface area contributed by atoms with Gasteiger partial charge in [0.1, 0.15) is 11.8 Å². The number of fused-ring (bicyclic) bond motifs is 1. The summed E-state index contributed by atoms with van der Waals surface area (Å²) >= 11 is 0. The van der Waals surface area contributed by atoms with Gasteiger partial charge in [0.2, 0.25) is 0 Å². The van der Waals surface area contributed by atoms with Crippen LogP contribution in [0.5, 0.6) is 5.75 Å². The van der Waals surface area contributed by atoms with Gasteiger partial charge in [-0.2, -0.15) is 5.10 Å². The lowest BCUT2D eigenvalue weighted by Crippen LogP contribution is -2.49. The fourth-order valence-electron chi connectivity index (χ4n) is 5.82. The van der Waals surface area contributed by atoms with E-state index in [0.717, 1.165) is 5.56 Å².